The Hall–Kier alpha value is -0.940. The number of anilines is 1. The maximum atomic E-state index is 4.33. The van der Waals surface area contributed by atoms with Gasteiger partial charge in [0.2, 0.25) is 0 Å². The van der Waals surface area contributed by atoms with Gasteiger partial charge in [0, 0.05) is 16.6 Å². The number of aromatic nitrogens is 2. The SMILES string of the molecule is Cc1cc(NCc2ccc(Br)s2)nc(C)n1. The largest absolute Gasteiger partial charge is 0.365 e. The Morgan fingerprint density at radius 2 is 2.12 bits per heavy atom. The van der Waals surface area contributed by atoms with E-state index in [4.69, 9.17) is 0 Å². The van der Waals surface area contributed by atoms with Gasteiger partial charge < -0.3 is 5.32 Å². The molecule has 2 aromatic heterocycles. The van der Waals surface area contributed by atoms with Gasteiger partial charge >= 0.3 is 0 Å². The molecule has 0 aliphatic heterocycles. The summed E-state index contributed by atoms with van der Waals surface area (Å²) in [5, 5.41) is 3.29. The molecule has 0 amide bonds. The Bertz CT molecular complexity index is 475. The monoisotopic (exact) mass is 297 g/mol. The maximum Gasteiger partial charge on any atom is 0.130 e. The van der Waals surface area contributed by atoms with Gasteiger partial charge in [-0.1, -0.05) is 0 Å². The van der Waals surface area contributed by atoms with Crippen LogP contribution in [0, 0.1) is 13.8 Å². The van der Waals surface area contributed by atoms with Crippen LogP contribution in [-0.2, 0) is 6.54 Å². The zero-order valence-corrected chi connectivity index (χ0v) is 11.5. The van der Waals surface area contributed by atoms with Gasteiger partial charge in [-0.25, -0.2) is 9.97 Å². The van der Waals surface area contributed by atoms with Crippen molar-refractivity contribution in [2.45, 2.75) is 20.4 Å². The first-order valence-corrected chi connectivity index (χ1v) is 6.55. The van der Waals surface area contributed by atoms with Gasteiger partial charge in [-0.05, 0) is 41.9 Å². The average Bonchev–Trinajstić information content (AvgIpc) is 2.60. The molecule has 0 aromatic carbocycles. The molecule has 0 aliphatic rings. The van der Waals surface area contributed by atoms with Crippen LogP contribution in [0.25, 0.3) is 0 Å². The van der Waals surface area contributed by atoms with Gasteiger partial charge in [0.15, 0.2) is 0 Å². The Morgan fingerprint density at radius 1 is 1.31 bits per heavy atom. The predicted molar refractivity (Wildman–Crippen MR) is 70.9 cm³/mol. The van der Waals surface area contributed by atoms with Crippen molar-refractivity contribution in [2.24, 2.45) is 0 Å². The minimum atomic E-state index is 0.798. The van der Waals surface area contributed by atoms with Crippen LogP contribution in [0.3, 0.4) is 0 Å². The minimum absolute atomic E-state index is 0.798. The van der Waals surface area contributed by atoms with E-state index >= 15 is 0 Å². The molecule has 84 valence electrons. The van der Waals surface area contributed by atoms with Crippen LogP contribution in [0.15, 0.2) is 22.0 Å². The Balaban J connectivity index is 2.04. The fraction of sp³-hybridized carbons (Fsp3) is 0.273. The van der Waals surface area contributed by atoms with E-state index in [0.717, 1.165) is 27.7 Å². The second kappa shape index (κ2) is 4.93. The van der Waals surface area contributed by atoms with Gasteiger partial charge in [0.05, 0.1) is 10.3 Å². The van der Waals surface area contributed by atoms with Crippen LogP contribution in [0.2, 0.25) is 0 Å². The lowest BCUT2D eigenvalue weighted by Gasteiger charge is -2.05. The molecule has 16 heavy (non-hydrogen) atoms. The van der Waals surface area contributed by atoms with Gasteiger partial charge in [-0.2, -0.15) is 0 Å². The van der Waals surface area contributed by atoms with Crippen LogP contribution < -0.4 is 5.32 Å². The normalized spacial score (nSPS) is 10.4. The van der Waals surface area contributed by atoms with Gasteiger partial charge in [0.1, 0.15) is 11.6 Å². The summed E-state index contributed by atoms with van der Waals surface area (Å²) < 4.78 is 1.15. The highest BCUT2D eigenvalue weighted by Crippen LogP contribution is 2.22. The number of rotatable bonds is 3. The smallest absolute Gasteiger partial charge is 0.130 e. The second-order valence-electron chi connectivity index (χ2n) is 3.50. The summed E-state index contributed by atoms with van der Waals surface area (Å²) in [4.78, 5) is 9.84. The third-order valence-electron chi connectivity index (χ3n) is 2.04. The second-order valence-corrected chi connectivity index (χ2v) is 6.05. The molecule has 0 unspecified atom stereocenters. The van der Waals surface area contributed by atoms with E-state index < -0.39 is 0 Å². The van der Waals surface area contributed by atoms with Crippen molar-refractivity contribution in [1.29, 1.82) is 0 Å². The molecular formula is C11H12BrN3S. The summed E-state index contributed by atoms with van der Waals surface area (Å²) in [5.41, 5.74) is 0.988. The molecule has 0 atom stereocenters. The molecule has 0 saturated heterocycles. The van der Waals surface area contributed by atoms with E-state index in [2.05, 4.69) is 43.3 Å². The summed E-state index contributed by atoms with van der Waals surface area (Å²) in [5.74, 6) is 1.68. The molecule has 0 saturated carbocycles. The third kappa shape index (κ3) is 3.02. The van der Waals surface area contributed by atoms with E-state index in [1.165, 1.54) is 4.88 Å². The van der Waals surface area contributed by atoms with Crippen molar-refractivity contribution in [3.63, 3.8) is 0 Å². The number of hydrogen-bond acceptors (Lipinski definition) is 4. The zero-order valence-electron chi connectivity index (χ0n) is 9.12. The molecule has 3 nitrogen and oxygen atoms in total. The Morgan fingerprint density at radius 3 is 2.75 bits per heavy atom. The van der Waals surface area contributed by atoms with Crippen LogP contribution in [-0.4, -0.2) is 9.97 Å². The lowest BCUT2D eigenvalue weighted by molar-refractivity contribution is 0.996. The molecule has 0 spiro atoms. The maximum absolute atomic E-state index is 4.33. The molecule has 0 radical (unpaired) electrons. The van der Waals surface area contributed by atoms with Crippen molar-refractivity contribution >= 4 is 33.1 Å². The molecule has 2 aromatic rings. The third-order valence-corrected chi connectivity index (χ3v) is 3.66. The number of halogens is 1. The Labute approximate surface area is 107 Å². The lowest BCUT2D eigenvalue weighted by atomic mass is 10.4. The standard InChI is InChI=1S/C11H12BrN3S/c1-7-5-11(15-8(2)14-7)13-6-9-3-4-10(12)16-9/h3-5H,6H2,1-2H3,(H,13,14,15). The fourth-order valence-electron chi connectivity index (χ4n) is 1.43. The summed E-state index contributed by atoms with van der Waals surface area (Å²) in [6.07, 6.45) is 0. The summed E-state index contributed by atoms with van der Waals surface area (Å²) >= 11 is 5.17. The molecule has 0 aliphatic carbocycles. The first-order valence-electron chi connectivity index (χ1n) is 4.94. The minimum Gasteiger partial charge on any atom is -0.365 e. The zero-order chi connectivity index (χ0) is 11.5. The van der Waals surface area contributed by atoms with Gasteiger partial charge in [-0.15, -0.1) is 11.3 Å². The molecule has 0 bridgehead atoms. The number of nitrogens with one attached hydrogen (secondary N) is 1. The number of hydrogen-bond donors (Lipinski definition) is 1. The number of nitrogens with zero attached hydrogens (tertiary/aromatic N) is 2. The van der Waals surface area contributed by atoms with E-state index in [-0.39, 0.29) is 0 Å². The molecule has 2 heterocycles. The van der Waals surface area contributed by atoms with Gasteiger partial charge in [-0.3, -0.25) is 0 Å². The molecule has 0 fully saturated rings. The molecule has 2 rings (SSSR count). The van der Waals surface area contributed by atoms with Crippen molar-refractivity contribution < 1.29 is 0 Å². The highest BCUT2D eigenvalue weighted by atomic mass is 79.9. The van der Waals surface area contributed by atoms with E-state index in [1.807, 2.05) is 19.9 Å². The highest BCUT2D eigenvalue weighted by molar-refractivity contribution is 9.11. The molecule has 1 N–H and O–H groups in total. The first-order chi connectivity index (χ1) is 7.63. The van der Waals surface area contributed by atoms with E-state index in [0.29, 0.717) is 0 Å². The van der Waals surface area contributed by atoms with Crippen LogP contribution in [0.1, 0.15) is 16.4 Å². The topological polar surface area (TPSA) is 37.8 Å². The molecular weight excluding hydrogens is 286 g/mol. The fourth-order valence-corrected chi connectivity index (χ4v) is 2.85. The van der Waals surface area contributed by atoms with Crippen LogP contribution in [0.5, 0.6) is 0 Å². The van der Waals surface area contributed by atoms with Crippen molar-refractivity contribution in [2.75, 3.05) is 5.32 Å². The summed E-state index contributed by atoms with van der Waals surface area (Å²) in [7, 11) is 0. The number of aryl methyl sites for hydroxylation is 2. The van der Waals surface area contributed by atoms with Crippen molar-refractivity contribution in [3.8, 4) is 0 Å². The quantitative estimate of drug-likeness (QED) is 0.942. The predicted octanol–water partition coefficient (Wildman–Crippen LogP) is 3.53. The van der Waals surface area contributed by atoms with Crippen molar-refractivity contribution in [3.05, 3.63) is 38.4 Å². The summed E-state index contributed by atoms with van der Waals surface area (Å²) in [6, 6.07) is 6.11. The van der Waals surface area contributed by atoms with Crippen LogP contribution >= 0.6 is 27.3 Å². The van der Waals surface area contributed by atoms with E-state index in [1.54, 1.807) is 11.3 Å². The highest BCUT2D eigenvalue weighted by Gasteiger charge is 2.00. The Kier molecular flexibility index (Phi) is 3.56. The number of thiophene rings is 1. The van der Waals surface area contributed by atoms with E-state index in [9.17, 15) is 0 Å². The van der Waals surface area contributed by atoms with Gasteiger partial charge in [0.25, 0.3) is 0 Å². The van der Waals surface area contributed by atoms with Crippen molar-refractivity contribution in [1.82, 2.24) is 9.97 Å². The average molecular weight is 298 g/mol. The van der Waals surface area contributed by atoms with Crippen LogP contribution in [0.4, 0.5) is 5.82 Å². The lowest BCUT2D eigenvalue weighted by Crippen LogP contribution is -2.02. The first kappa shape index (κ1) is 11.5. The molecule has 5 heteroatoms. The summed E-state index contributed by atoms with van der Waals surface area (Å²) in [6.45, 7) is 4.67.